The average Bonchev–Trinajstić information content (AvgIpc) is 2.18. The minimum atomic E-state index is -0.846. The number of hydrogen-bond acceptors (Lipinski definition) is 4. The third kappa shape index (κ3) is 31.7. The van der Waals surface area contributed by atoms with Crippen LogP contribution in [0.2, 0.25) is 0 Å². The molecule has 0 heterocycles. The van der Waals surface area contributed by atoms with Crippen LogP contribution in [-0.4, -0.2) is 71.3 Å². The first kappa shape index (κ1) is 23.4. The molecule has 0 aliphatic carbocycles. The second kappa shape index (κ2) is 19.7. The summed E-state index contributed by atoms with van der Waals surface area (Å²) >= 11 is 0. The van der Waals surface area contributed by atoms with Crippen LogP contribution in [0.5, 0.6) is 0 Å². The molecule has 0 saturated heterocycles. The van der Waals surface area contributed by atoms with E-state index in [1.54, 1.807) is 0 Å². The van der Waals surface area contributed by atoms with Gasteiger partial charge >= 0.3 is 45.5 Å². The monoisotopic (exact) mass is 322 g/mol. The minimum Gasteiger partial charge on any atom is -0.831 e. The normalized spacial score (nSPS) is 13.1. The van der Waals surface area contributed by atoms with Crippen molar-refractivity contribution in [3.63, 3.8) is 0 Å². The molecule has 0 aliphatic heterocycles. The fraction of sp³-hybridized carbons (Fsp3) is 1.00. The molecule has 0 fully saturated rings. The fourth-order valence-electron chi connectivity index (χ4n) is 0.787. The smallest absolute Gasteiger partial charge is 0.831 e. The van der Waals surface area contributed by atoms with Gasteiger partial charge in [0.2, 0.25) is 0 Å². The van der Waals surface area contributed by atoms with Gasteiger partial charge in [0.05, 0.1) is 0 Å². The molecule has 2 atom stereocenters. The molecule has 100 valence electrons. The van der Waals surface area contributed by atoms with Gasteiger partial charge < -0.3 is 19.7 Å². The molecule has 0 saturated carbocycles. The first-order chi connectivity index (χ1) is 7.54. The Bertz CT molecular complexity index is 107. The predicted molar refractivity (Wildman–Crippen MR) is 66.4 cm³/mol. The van der Waals surface area contributed by atoms with Crippen molar-refractivity contribution >= 4 is 45.5 Å². The first-order valence-electron chi connectivity index (χ1n) is 6.09. The van der Waals surface area contributed by atoms with Gasteiger partial charge in [0.1, 0.15) is 0 Å². The molecule has 0 aliphatic rings. The van der Waals surface area contributed by atoms with Gasteiger partial charge in [-0.05, 0) is 25.4 Å². The van der Waals surface area contributed by atoms with Crippen molar-refractivity contribution in [3.05, 3.63) is 0 Å². The van der Waals surface area contributed by atoms with Gasteiger partial charge in [-0.3, -0.25) is 0 Å². The van der Waals surface area contributed by atoms with Crippen LogP contribution in [0.4, 0.5) is 0 Å². The topological polar surface area (TPSA) is 64.6 Å². The van der Waals surface area contributed by atoms with Crippen LogP contribution in [0.15, 0.2) is 0 Å². The molecule has 0 amide bonds. The van der Waals surface area contributed by atoms with Gasteiger partial charge in [-0.2, -0.15) is 0 Å². The van der Waals surface area contributed by atoms with Crippen molar-refractivity contribution < 1.29 is 19.7 Å². The van der Waals surface area contributed by atoms with Crippen molar-refractivity contribution in [2.75, 3.05) is 13.2 Å². The van der Waals surface area contributed by atoms with E-state index in [0.29, 0.717) is 13.2 Å². The molecule has 0 rings (SSSR count). The molecule has 0 aromatic carbocycles. The van der Waals surface area contributed by atoms with Crippen LogP contribution in [0, 0.1) is 0 Å². The fourth-order valence-corrected chi connectivity index (χ4v) is 0.787. The van der Waals surface area contributed by atoms with Crippen LogP contribution in [-0.2, 0) is 9.47 Å². The van der Waals surface area contributed by atoms with Crippen molar-refractivity contribution in [2.45, 2.75) is 66.0 Å². The zero-order valence-corrected chi connectivity index (χ0v) is 15.2. The van der Waals surface area contributed by atoms with Crippen LogP contribution in [0.1, 0.15) is 53.4 Å². The Labute approximate surface area is 143 Å². The molecule has 0 bridgehead atoms. The summed E-state index contributed by atoms with van der Waals surface area (Å²) in [6, 6.07) is 0. The molecule has 0 aromatic rings. The van der Waals surface area contributed by atoms with Gasteiger partial charge in [0.25, 0.3) is 0 Å². The summed E-state index contributed by atoms with van der Waals surface area (Å²) in [4.78, 5) is 0. The zero-order chi connectivity index (χ0) is 12.8. The van der Waals surface area contributed by atoms with Gasteiger partial charge in [-0.1, -0.05) is 40.5 Å². The molecule has 0 spiro atoms. The summed E-state index contributed by atoms with van der Waals surface area (Å²) in [6.45, 7) is 8.38. The van der Waals surface area contributed by atoms with E-state index in [0.717, 1.165) is 25.7 Å². The molecular weight excluding hydrogens is 296 g/mol. The maximum atomic E-state index is 10.2. The first-order valence-corrected chi connectivity index (χ1v) is 6.09. The molecule has 4 nitrogen and oxygen atoms in total. The van der Waals surface area contributed by atoms with Crippen LogP contribution < -0.4 is 10.2 Å². The van der Waals surface area contributed by atoms with E-state index in [9.17, 15) is 10.2 Å². The molecule has 5 heteroatoms. The van der Waals surface area contributed by atoms with E-state index in [-0.39, 0.29) is 45.5 Å². The third-order valence-electron chi connectivity index (χ3n) is 1.70. The van der Waals surface area contributed by atoms with Gasteiger partial charge in [-0.25, -0.2) is 0 Å². The Morgan fingerprint density at radius 2 is 1.12 bits per heavy atom. The number of rotatable bonds is 8. The van der Waals surface area contributed by atoms with Gasteiger partial charge in [0, 0.05) is 13.2 Å². The summed E-state index contributed by atoms with van der Waals surface area (Å²) in [5, 5.41) is 20.4. The molecule has 17 heavy (non-hydrogen) atoms. The Morgan fingerprint density at radius 1 is 0.824 bits per heavy atom. The predicted octanol–water partition coefficient (Wildman–Crippen LogP) is 0.638. The Morgan fingerprint density at radius 3 is 1.29 bits per heavy atom. The zero-order valence-electron chi connectivity index (χ0n) is 11.7. The largest absolute Gasteiger partial charge is 2.00 e. The van der Waals surface area contributed by atoms with E-state index in [1.165, 1.54) is 13.8 Å². The van der Waals surface area contributed by atoms with E-state index in [2.05, 4.69) is 13.8 Å². The van der Waals surface area contributed by atoms with E-state index < -0.39 is 12.6 Å². The second-order valence-corrected chi connectivity index (χ2v) is 3.58. The van der Waals surface area contributed by atoms with E-state index in [1.807, 2.05) is 0 Å². The number of hydrogen-bond donors (Lipinski definition) is 0. The van der Waals surface area contributed by atoms with Crippen LogP contribution in [0.25, 0.3) is 0 Å². The maximum absolute atomic E-state index is 10.2. The Balaban J connectivity index is -0.000000218. The third-order valence-corrected chi connectivity index (χ3v) is 1.70. The van der Waals surface area contributed by atoms with E-state index >= 15 is 0 Å². The van der Waals surface area contributed by atoms with Gasteiger partial charge in [-0.15, -0.1) is 0 Å². The maximum Gasteiger partial charge on any atom is 2.00 e. The summed E-state index contributed by atoms with van der Waals surface area (Å²) in [5.41, 5.74) is 0. The Kier molecular flexibility index (Phi) is 27.1. The second-order valence-electron chi connectivity index (χ2n) is 3.58. The quantitative estimate of drug-likeness (QED) is 0.374. The van der Waals surface area contributed by atoms with Crippen LogP contribution >= 0.6 is 0 Å². The summed E-state index contributed by atoms with van der Waals surface area (Å²) in [5.74, 6) is 0. The van der Waals surface area contributed by atoms with Crippen molar-refractivity contribution in [1.29, 1.82) is 0 Å². The molecule has 2 unspecified atom stereocenters. The Hall–Kier alpha value is 1.32. The van der Waals surface area contributed by atoms with Crippen molar-refractivity contribution in [1.82, 2.24) is 0 Å². The standard InChI is InChI=1S/2C6H13O2.Sr/c2*1-3-4-5-8-6(2)7;/h2*6H,3-5H2,1-2H3;/q2*-1;+2. The molecule has 0 N–H and O–H groups in total. The van der Waals surface area contributed by atoms with Crippen molar-refractivity contribution in [2.24, 2.45) is 0 Å². The van der Waals surface area contributed by atoms with Gasteiger partial charge in [0.15, 0.2) is 0 Å². The SMILES string of the molecule is CCCCOC(C)[O-].CCCCOC(C)[O-].[Sr+2]. The number of unbranched alkanes of at least 4 members (excludes halogenated alkanes) is 2. The van der Waals surface area contributed by atoms with Crippen molar-refractivity contribution in [3.8, 4) is 0 Å². The minimum absolute atomic E-state index is 0. The molecule has 0 aromatic heterocycles. The average molecular weight is 322 g/mol. The summed E-state index contributed by atoms with van der Waals surface area (Å²) in [7, 11) is 0. The molecule has 0 radical (unpaired) electrons. The molecular formula is C12H26O4Sr. The summed E-state index contributed by atoms with van der Waals surface area (Å²) in [6.07, 6.45) is 2.47. The number of ether oxygens (including phenoxy) is 2. The van der Waals surface area contributed by atoms with E-state index in [4.69, 9.17) is 9.47 Å². The summed E-state index contributed by atoms with van der Waals surface area (Å²) < 4.78 is 9.45. The van der Waals surface area contributed by atoms with Crippen LogP contribution in [0.3, 0.4) is 0 Å².